The SMILES string of the molecule is CC1(C2=Cc3sc4cc5c(cc4c3CC2)N(c2ccccc2)C2=CCCC25)CCC(C2=CC(C3C=CC=CC3)=CC(c3ccccc3)C2)=CC1C1NC(c2ccccc2)=NC(c2ccccc2)N1. The number of para-hydroxylation sites is 1. The van der Waals surface area contributed by atoms with Crippen LogP contribution in [0.3, 0.4) is 0 Å². The van der Waals surface area contributed by atoms with Gasteiger partial charge in [0.25, 0.3) is 0 Å². The third-order valence-corrected chi connectivity index (χ3v) is 17.5. The van der Waals surface area contributed by atoms with E-state index < -0.39 is 0 Å². The molecule has 5 heteroatoms. The van der Waals surface area contributed by atoms with Gasteiger partial charge in [0.15, 0.2) is 0 Å². The molecule has 13 rings (SSSR count). The number of benzene rings is 5. The van der Waals surface area contributed by atoms with Crippen LogP contribution >= 0.6 is 11.3 Å². The van der Waals surface area contributed by atoms with Gasteiger partial charge >= 0.3 is 0 Å². The minimum atomic E-state index is -0.181. The van der Waals surface area contributed by atoms with Gasteiger partial charge in [0.2, 0.25) is 0 Å². The zero-order chi connectivity index (χ0) is 45.2. The molecule has 3 heterocycles. The molecule has 2 N–H and O–H groups in total. The molecular weight excluding hydrogens is 845 g/mol. The Morgan fingerprint density at radius 1 is 0.750 bits per heavy atom. The van der Waals surface area contributed by atoms with Crippen LogP contribution in [0.25, 0.3) is 16.2 Å². The normalized spacial score (nSPS) is 27.2. The molecule has 7 unspecified atom stereocenters. The molecule has 0 spiro atoms. The summed E-state index contributed by atoms with van der Waals surface area (Å²) in [5.41, 5.74) is 16.8. The van der Waals surface area contributed by atoms with Gasteiger partial charge in [-0.2, -0.15) is 0 Å². The number of nitrogens with one attached hydrogen (secondary N) is 2. The first-order valence-corrected chi connectivity index (χ1v) is 25.9. The van der Waals surface area contributed by atoms with Crippen LogP contribution in [0.4, 0.5) is 11.4 Å². The third kappa shape index (κ3) is 7.34. The molecule has 5 aromatic carbocycles. The van der Waals surface area contributed by atoms with E-state index in [0.717, 1.165) is 56.3 Å². The third-order valence-electron chi connectivity index (χ3n) is 16.4. The highest BCUT2D eigenvalue weighted by molar-refractivity contribution is 7.20. The van der Waals surface area contributed by atoms with Crippen LogP contribution in [0.2, 0.25) is 0 Å². The number of amidine groups is 1. The van der Waals surface area contributed by atoms with Crippen molar-refractivity contribution in [1.82, 2.24) is 10.6 Å². The van der Waals surface area contributed by atoms with Crippen LogP contribution in [0, 0.1) is 17.3 Å². The van der Waals surface area contributed by atoms with Gasteiger partial charge in [0.05, 0.1) is 11.9 Å². The number of thiophene rings is 1. The maximum Gasteiger partial charge on any atom is 0.131 e. The summed E-state index contributed by atoms with van der Waals surface area (Å²) in [7, 11) is 0. The van der Waals surface area contributed by atoms with Crippen molar-refractivity contribution in [2.75, 3.05) is 4.90 Å². The molecule has 336 valence electrons. The molecule has 0 fully saturated rings. The Bertz CT molecular complexity index is 3170. The van der Waals surface area contributed by atoms with Crippen LogP contribution in [-0.4, -0.2) is 12.0 Å². The molecular formula is C63H58N4S. The number of aryl methyl sites for hydroxylation is 1. The molecule has 0 bridgehead atoms. The average Bonchev–Trinajstić information content (AvgIpc) is 4.12. The van der Waals surface area contributed by atoms with Crippen LogP contribution < -0.4 is 15.5 Å². The van der Waals surface area contributed by atoms with E-state index in [2.05, 4.69) is 211 Å². The van der Waals surface area contributed by atoms with E-state index in [0.29, 0.717) is 17.8 Å². The molecule has 0 radical (unpaired) electrons. The predicted octanol–water partition coefficient (Wildman–Crippen LogP) is 15.3. The Kier molecular flexibility index (Phi) is 10.5. The van der Waals surface area contributed by atoms with Crippen molar-refractivity contribution in [3.63, 3.8) is 0 Å². The summed E-state index contributed by atoms with van der Waals surface area (Å²) >= 11 is 2.02. The lowest BCUT2D eigenvalue weighted by Crippen LogP contribution is -2.58. The molecule has 68 heavy (non-hydrogen) atoms. The van der Waals surface area contributed by atoms with Crippen LogP contribution in [0.1, 0.15) is 103 Å². The second-order valence-corrected chi connectivity index (χ2v) is 21.3. The van der Waals surface area contributed by atoms with E-state index in [1.54, 1.807) is 5.57 Å². The Morgan fingerprint density at radius 3 is 2.29 bits per heavy atom. The highest BCUT2D eigenvalue weighted by Crippen LogP contribution is 2.57. The molecule has 0 amide bonds. The molecule has 7 atom stereocenters. The average molecular weight is 903 g/mol. The van der Waals surface area contributed by atoms with Crippen molar-refractivity contribution in [3.8, 4) is 0 Å². The van der Waals surface area contributed by atoms with Gasteiger partial charge in [-0.25, -0.2) is 4.99 Å². The minimum absolute atomic E-state index is 0.0611. The summed E-state index contributed by atoms with van der Waals surface area (Å²) in [6.45, 7) is 2.59. The standard InChI is InChI=1S/C63H58N4S/c1-63(49-30-31-52-54-39-57-53(40-59(54)68-58(52)38-49)51-28-17-29-56(51)67(57)50-26-15-6-16-27-50)33-32-45(48-35-46(41-18-7-2-8-19-41)34-47(36-48)42-20-9-3-10-21-42)37-55(63)62-65-60(43-22-11-4-12-23-43)64-61(66-62)44-24-13-5-14-25-44/h2-16,18-20,22-27,29,34,36-40,42,46,51,55,60,62,65H,17,21,28,30-33,35H2,1H3,(H,64,66). The van der Waals surface area contributed by atoms with Gasteiger partial charge in [-0.3, -0.25) is 5.32 Å². The summed E-state index contributed by atoms with van der Waals surface area (Å²) in [5, 5.41) is 9.64. The lowest BCUT2D eigenvalue weighted by molar-refractivity contribution is 0.169. The Morgan fingerprint density at radius 2 is 1.51 bits per heavy atom. The lowest BCUT2D eigenvalue weighted by Gasteiger charge is -2.49. The lowest BCUT2D eigenvalue weighted by atomic mass is 9.60. The summed E-state index contributed by atoms with van der Waals surface area (Å²) in [4.78, 5) is 9.40. The smallest absolute Gasteiger partial charge is 0.131 e. The first-order valence-electron chi connectivity index (χ1n) is 25.1. The van der Waals surface area contributed by atoms with Gasteiger partial charge in [-0.05, 0) is 131 Å². The van der Waals surface area contributed by atoms with Crippen LogP contribution in [-0.2, 0) is 6.42 Å². The number of aliphatic imine (C=N–C) groups is 1. The summed E-state index contributed by atoms with van der Waals surface area (Å²) in [6, 6.07) is 48.9. The molecule has 7 aliphatic rings. The van der Waals surface area contributed by atoms with Crippen molar-refractivity contribution in [2.24, 2.45) is 22.2 Å². The van der Waals surface area contributed by atoms with E-state index in [1.165, 1.54) is 77.4 Å². The number of rotatable bonds is 8. The van der Waals surface area contributed by atoms with Crippen molar-refractivity contribution in [3.05, 3.63) is 243 Å². The zero-order valence-electron chi connectivity index (χ0n) is 38.8. The van der Waals surface area contributed by atoms with Crippen molar-refractivity contribution < 1.29 is 0 Å². The van der Waals surface area contributed by atoms with E-state index in [1.807, 2.05) is 11.3 Å². The van der Waals surface area contributed by atoms with Crippen molar-refractivity contribution >= 4 is 44.7 Å². The largest absolute Gasteiger partial charge is 0.354 e. The number of hydrogen-bond donors (Lipinski definition) is 2. The minimum Gasteiger partial charge on any atom is -0.354 e. The summed E-state index contributed by atoms with van der Waals surface area (Å²) in [6.07, 6.45) is 30.6. The van der Waals surface area contributed by atoms with Gasteiger partial charge in [0, 0.05) is 50.2 Å². The van der Waals surface area contributed by atoms with Gasteiger partial charge in [-0.15, -0.1) is 11.3 Å². The van der Waals surface area contributed by atoms with E-state index >= 15 is 0 Å². The summed E-state index contributed by atoms with van der Waals surface area (Å²) < 4.78 is 1.44. The Labute approximate surface area is 405 Å². The van der Waals surface area contributed by atoms with Crippen molar-refractivity contribution in [2.45, 2.75) is 82.5 Å². The molecule has 0 saturated heterocycles. The number of fused-ring (bicyclic) bond motifs is 6. The number of hydrogen-bond acceptors (Lipinski definition) is 5. The number of allylic oxidation sites excluding steroid dienone is 12. The first-order chi connectivity index (χ1) is 33.5. The molecule has 1 aromatic heterocycles. The molecule has 0 saturated carbocycles. The van der Waals surface area contributed by atoms with Crippen LogP contribution in [0.15, 0.2) is 215 Å². The number of anilines is 2. The highest BCUT2D eigenvalue weighted by Gasteiger charge is 2.46. The fourth-order valence-corrected chi connectivity index (χ4v) is 14.0. The molecule has 4 nitrogen and oxygen atoms in total. The topological polar surface area (TPSA) is 39.7 Å². The van der Waals surface area contributed by atoms with Crippen molar-refractivity contribution in [1.29, 1.82) is 0 Å². The maximum absolute atomic E-state index is 5.39. The van der Waals surface area contributed by atoms with Gasteiger partial charge in [0.1, 0.15) is 12.0 Å². The maximum atomic E-state index is 5.39. The second-order valence-electron chi connectivity index (χ2n) is 20.2. The molecule has 5 aliphatic carbocycles. The first kappa shape index (κ1) is 41.6. The molecule has 2 aliphatic heterocycles. The Balaban J connectivity index is 0.917. The van der Waals surface area contributed by atoms with E-state index in [9.17, 15) is 0 Å². The predicted molar refractivity (Wildman–Crippen MR) is 284 cm³/mol. The second kappa shape index (κ2) is 17.2. The van der Waals surface area contributed by atoms with E-state index in [4.69, 9.17) is 4.99 Å². The monoisotopic (exact) mass is 902 g/mol. The number of nitrogens with zero attached hydrogens (tertiary/aromatic N) is 2. The highest BCUT2D eigenvalue weighted by atomic mass is 32.1. The van der Waals surface area contributed by atoms with E-state index in [-0.39, 0.29) is 23.7 Å². The fourth-order valence-electron chi connectivity index (χ4n) is 12.8. The van der Waals surface area contributed by atoms with Gasteiger partial charge < -0.3 is 10.2 Å². The zero-order valence-corrected chi connectivity index (χ0v) is 39.6. The summed E-state index contributed by atoms with van der Waals surface area (Å²) in [5.74, 6) is 2.32. The Hall–Kier alpha value is -6.53. The fraction of sp³-hybridized carbons (Fsp3) is 0.254. The molecule has 6 aromatic rings. The quantitative estimate of drug-likeness (QED) is 0.160. The van der Waals surface area contributed by atoms with Gasteiger partial charge in [-0.1, -0.05) is 170 Å². The van der Waals surface area contributed by atoms with Crippen LogP contribution in [0.5, 0.6) is 0 Å².